The predicted molar refractivity (Wildman–Crippen MR) is 61.6 cm³/mol. The first-order chi connectivity index (χ1) is 6.93. The molecule has 3 rings (SSSR count). The zero-order valence-electron chi connectivity index (χ0n) is 8.31. The van der Waals surface area contributed by atoms with E-state index in [1.807, 2.05) is 11.8 Å². The molecule has 14 heavy (non-hydrogen) atoms. The van der Waals surface area contributed by atoms with Crippen LogP contribution < -0.4 is 5.32 Å². The number of allylic oxidation sites excluding steroid dienone is 5. The average molecular weight is 205 g/mol. The largest absolute Gasteiger partial charge is 0.358 e. The monoisotopic (exact) mass is 205 g/mol. The van der Waals surface area contributed by atoms with Crippen molar-refractivity contribution in [2.24, 2.45) is 0 Å². The van der Waals surface area contributed by atoms with Crippen LogP contribution in [0, 0.1) is 0 Å². The van der Waals surface area contributed by atoms with Crippen LogP contribution in [0.5, 0.6) is 0 Å². The fourth-order valence-corrected chi connectivity index (χ4v) is 3.56. The van der Waals surface area contributed by atoms with Crippen LogP contribution in [0.2, 0.25) is 0 Å². The minimum absolute atomic E-state index is 1.22. The second-order valence-electron chi connectivity index (χ2n) is 4.11. The van der Waals surface area contributed by atoms with Crippen LogP contribution in [0.1, 0.15) is 38.5 Å². The lowest BCUT2D eigenvalue weighted by Crippen LogP contribution is -2.21. The normalized spacial score (nSPS) is 25.7. The lowest BCUT2D eigenvalue weighted by atomic mass is 10.0. The van der Waals surface area contributed by atoms with Gasteiger partial charge in [-0.25, -0.2) is 0 Å². The second kappa shape index (κ2) is 3.50. The van der Waals surface area contributed by atoms with Crippen molar-refractivity contribution in [3.63, 3.8) is 0 Å². The molecule has 74 valence electrons. The number of hydrogen-bond acceptors (Lipinski definition) is 2. The van der Waals surface area contributed by atoms with E-state index in [9.17, 15) is 0 Å². The van der Waals surface area contributed by atoms with Crippen molar-refractivity contribution < 1.29 is 0 Å². The van der Waals surface area contributed by atoms with E-state index in [1.165, 1.54) is 49.9 Å². The molecule has 0 spiro atoms. The maximum Gasteiger partial charge on any atom is 0.0479 e. The summed E-state index contributed by atoms with van der Waals surface area (Å²) in [6.07, 6.45) is 12.3. The zero-order valence-corrected chi connectivity index (χ0v) is 9.12. The SMILES string of the molecule is C1=CC2=C(CC1)SC1=C(CCCC1)N2. The minimum Gasteiger partial charge on any atom is -0.358 e. The highest BCUT2D eigenvalue weighted by molar-refractivity contribution is 8.06. The Labute approximate surface area is 89.3 Å². The standard InChI is InChI=1S/C12H15NS/c1-3-7-11-9(5-1)13-10-6-2-4-8-12(10)14-11/h1,5,13H,2-4,6-8H2. The fraction of sp³-hybridized carbons (Fsp3) is 0.500. The first-order valence-electron chi connectivity index (χ1n) is 5.50. The van der Waals surface area contributed by atoms with E-state index in [1.54, 1.807) is 9.81 Å². The number of thioether (sulfide) groups is 1. The Morgan fingerprint density at radius 3 is 3.00 bits per heavy atom. The Kier molecular flexibility index (Phi) is 2.17. The summed E-state index contributed by atoms with van der Waals surface area (Å²) in [7, 11) is 0. The number of nitrogens with one attached hydrogen (secondary N) is 1. The Bertz CT molecular complexity index is 349. The molecule has 2 heteroatoms. The molecular formula is C12H15NS. The van der Waals surface area contributed by atoms with E-state index in [-0.39, 0.29) is 0 Å². The molecule has 0 saturated heterocycles. The fourth-order valence-electron chi connectivity index (χ4n) is 2.29. The molecule has 0 aromatic rings. The van der Waals surface area contributed by atoms with Crippen molar-refractivity contribution in [2.75, 3.05) is 0 Å². The topological polar surface area (TPSA) is 12.0 Å². The maximum absolute atomic E-state index is 3.61. The van der Waals surface area contributed by atoms with E-state index in [4.69, 9.17) is 0 Å². The van der Waals surface area contributed by atoms with E-state index in [2.05, 4.69) is 17.5 Å². The van der Waals surface area contributed by atoms with Gasteiger partial charge in [0.05, 0.1) is 0 Å². The Morgan fingerprint density at radius 1 is 1.07 bits per heavy atom. The summed E-state index contributed by atoms with van der Waals surface area (Å²) < 4.78 is 0. The van der Waals surface area contributed by atoms with Gasteiger partial charge in [0.1, 0.15) is 0 Å². The molecule has 1 heterocycles. The third-order valence-corrected chi connectivity index (χ3v) is 4.44. The van der Waals surface area contributed by atoms with Gasteiger partial charge in [0, 0.05) is 21.2 Å². The Balaban J connectivity index is 1.88. The van der Waals surface area contributed by atoms with Crippen LogP contribution in [0.25, 0.3) is 0 Å². The molecular weight excluding hydrogens is 190 g/mol. The molecule has 0 fully saturated rings. The van der Waals surface area contributed by atoms with Crippen LogP contribution in [0.4, 0.5) is 0 Å². The van der Waals surface area contributed by atoms with E-state index in [0.717, 1.165) is 0 Å². The highest BCUT2D eigenvalue weighted by Crippen LogP contribution is 2.43. The zero-order chi connectivity index (χ0) is 9.38. The smallest absolute Gasteiger partial charge is 0.0479 e. The van der Waals surface area contributed by atoms with Crippen molar-refractivity contribution >= 4 is 11.8 Å². The molecule has 0 unspecified atom stereocenters. The van der Waals surface area contributed by atoms with Gasteiger partial charge in [-0.05, 0) is 44.6 Å². The van der Waals surface area contributed by atoms with Crippen molar-refractivity contribution in [3.05, 3.63) is 33.4 Å². The molecule has 0 saturated carbocycles. The summed E-state index contributed by atoms with van der Waals surface area (Å²) in [5.41, 5.74) is 2.88. The van der Waals surface area contributed by atoms with Gasteiger partial charge in [0.15, 0.2) is 0 Å². The summed E-state index contributed by atoms with van der Waals surface area (Å²) in [4.78, 5) is 3.18. The molecule has 0 bridgehead atoms. The Morgan fingerprint density at radius 2 is 2.00 bits per heavy atom. The van der Waals surface area contributed by atoms with Gasteiger partial charge in [-0.3, -0.25) is 0 Å². The maximum atomic E-state index is 3.61. The predicted octanol–water partition coefficient (Wildman–Crippen LogP) is 3.67. The number of rotatable bonds is 0. The average Bonchev–Trinajstić information content (AvgIpc) is 2.26. The van der Waals surface area contributed by atoms with E-state index >= 15 is 0 Å². The van der Waals surface area contributed by atoms with Gasteiger partial charge < -0.3 is 5.32 Å². The van der Waals surface area contributed by atoms with Gasteiger partial charge >= 0.3 is 0 Å². The van der Waals surface area contributed by atoms with Gasteiger partial charge in [0.2, 0.25) is 0 Å². The summed E-state index contributed by atoms with van der Waals surface area (Å²) in [6, 6.07) is 0. The highest BCUT2D eigenvalue weighted by Gasteiger charge is 2.22. The second-order valence-corrected chi connectivity index (χ2v) is 5.30. The molecule has 0 atom stereocenters. The summed E-state index contributed by atoms with van der Waals surface area (Å²) in [5.74, 6) is 0. The number of hydrogen-bond donors (Lipinski definition) is 1. The van der Waals surface area contributed by atoms with Gasteiger partial charge in [0.25, 0.3) is 0 Å². The molecule has 0 amide bonds. The van der Waals surface area contributed by atoms with Gasteiger partial charge in [-0.2, -0.15) is 0 Å². The molecule has 0 aromatic carbocycles. The summed E-state index contributed by atoms with van der Waals surface area (Å²) in [5, 5.41) is 3.61. The third kappa shape index (κ3) is 1.42. The van der Waals surface area contributed by atoms with Gasteiger partial charge in [-0.15, -0.1) is 0 Å². The molecule has 3 aliphatic rings. The molecule has 1 N–H and O–H groups in total. The van der Waals surface area contributed by atoms with Crippen LogP contribution in [-0.2, 0) is 0 Å². The molecule has 1 nitrogen and oxygen atoms in total. The van der Waals surface area contributed by atoms with Crippen molar-refractivity contribution in [1.29, 1.82) is 0 Å². The summed E-state index contributed by atoms with van der Waals surface area (Å²) >= 11 is 2.04. The lowest BCUT2D eigenvalue weighted by Gasteiger charge is -2.29. The van der Waals surface area contributed by atoms with Crippen LogP contribution in [0.15, 0.2) is 33.4 Å². The molecule has 1 aliphatic heterocycles. The first kappa shape index (κ1) is 8.66. The molecule has 0 radical (unpaired) electrons. The first-order valence-corrected chi connectivity index (χ1v) is 6.32. The van der Waals surface area contributed by atoms with Crippen molar-refractivity contribution in [3.8, 4) is 0 Å². The van der Waals surface area contributed by atoms with E-state index in [0.29, 0.717) is 0 Å². The molecule has 0 aromatic heterocycles. The highest BCUT2D eigenvalue weighted by atomic mass is 32.2. The van der Waals surface area contributed by atoms with Crippen LogP contribution in [0.3, 0.4) is 0 Å². The molecule has 2 aliphatic carbocycles. The lowest BCUT2D eigenvalue weighted by molar-refractivity contribution is 0.658. The minimum atomic E-state index is 1.22. The van der Waals surface area contributed by atoms with Crippen LogP contribution in [-0.4, -0.2) is 0 Å². The van der Waals surface area contributed by atoms with Crippen molar-refractivity contribution in [1.82, 2.24) is 5.32 Å². The third-order valence-electron chi connectivity index (χ3n) is 3.07. The van der Waals surface area contributed by atoms with Crippen LogP contribution >= 0.6 is 11.8 Å². The summed E-state index contributed by atoms with van der Waals surface area (Å²) in [6.45, 7) is 0. The Hall–Kier alpha value is -0.630. The quantitative estimate of drug-likeness (QED) is 0.647. The van der Waals surface area contributed by atoms with Crippen molar-refractivity contribution in [2.45, 2.75) is 38.5 Å². The van der Waals surface area contributed by atoms with Gasteiger partial charge in [-0.1, -0.05) is 17.8 Å². The van der Waals surface area contributed by atoms with E-state index < -0.39 is 0 Å².